The highest BCUT2D eigenvalue weighted by Crippen LogP contribution is 2.29. The van der Waals surface area contributed by atoms with Crippen LogP contribution in [0.4, 0.5) is 0 Å². The summed E-state index contributed by atoms with van der Waals surface area (Å²) >= 11 is 9.51. The van der Waals surface area contributed by atoms with Gasteiger partial charge < -0.3 is 9.73 Å². The van der Waals surface area contributed by atoms with Gasteiger partial charge in [-0.25, -0.2) is 0 Å². The Hall–Kier alpha value is -0.910. The second-order valence-corrected chi connectivity index (χ2v) is 6.55. The van der Waals surface area contributed by atoms with Crippen molar-refractivity contribution in [2.75, 3.05) is 0 Å². The summed E-state index contributed by atoms with van der Waals surface area (Å²) in [6, 6.07) is 5.54. The van der Waals surface area contributed by atoms with Crippen LogP contribution in [-0.4, -0.2) is 15.7 Å². The van der Waals surface area contributed by atoms with Crippen molar-refractivity contribution in [3.8, 4) is 11.5 Å². The molecule has 19 heavy (non-hydrogen) atoms. The van der Waals surface area contributed by atoms with Gasteiger partial charge in [-0.1, -0.05) is 27.5 Å². The minimum atomic E-state index is 0.00386. The van der Waals surface area contributed by atoms with Gasteiger partial charge in [0.15, 0.2) is 0 Å². The smallest absolute Gasteiger partial charge is 0.249 e. The molecule has 0 radical (unpaired) electrons. The average Bonchev–Trinajstić information content (AvgIpc) is 2.74. The third kappa shape index (κ3) is 4.03. The molecule has 102 valence electrons. The van der Waals surface area contributed by atoms with Crippen molar-refractivity contribution in [1.82, 2.24) is 15.5 Å². The van der Waals surface area contributed by atoms with Crippen LogP contribution in [0.2, 0.25) is 5.02 Å². The molecular weight excluding hydrogens is 330 g/mol. The molecule has 0 aliphatic rings. The molecular formula is C13H15BrClN3O. The molecule has 0 saturated heterocycles. The quantitative estimate of drug-likeness (QED) is 0.913. The molecule has 0 amide bonds. The van der Waals surface area contributed by atoms with E-state index in [4.69, 9.17) is 16.0 Å². The normalized spacial score (nSPS) is 11.8. The average molecular weight is 345 g/mol. The molecule has 0 bridgehead atoms. The summed E-state index contributed by atoms with van der Waals surface area (Å²) in [6.45, 7) is 6.77. The first-order valence-corrected chi connectivity index (χ1v) is 7.05. The van der Waals surface area contributed by atoms with E-state index in [1.165, 1.54) is 0 Å². The second-order valence-electron chi connectivity index (χ2n) is 5.23. The van der Waals surface area contributed by atoms with Crippen molar-refractivity contribution in [3.63, 3.8) is 0 Å². The van der Waals surface area contributed by atoms with E-state index in [1.807, 2.05) is 12.1 Å². The van der Waals surface area contributed by atoms with Crippen LogP contribution < -0.4 is 5.32 Å². The Morgan fingerprint density at radius 2 is 2.05 bits per heavy atom. The Labute approximate surface area is 125 Å². The molecule has 0 saturated carbocycles. The van der Waals surface area contributed by atoms with Crippen LogP contribution >= 0.6 is 27.5 Å². The lowest BCUT2D eigenvalue weighted by molar-refractivity contribution is 0.383. The summed E-state index contributed by atoms with van der Waals surface area (Å²) in [6.07, 6.45) is 0. The fraction of sp³-hybridized carbons (Fsp3) is 0.385. The number of halogens is 2. The van der Waals surface area contributed by atoms with Gasteiger partial charge in [0, 0.05) is 10.0 Å². The predicted octanol–water partition coefficient (Wildman–Crippen LogP) is 4.04. The summed E-state index contributed by atoms with van der Waals surface area (Å²) in [7, 11) is 0. The predicted molar refractivity (Wildman–Crippen MR) is 79.0 cm³/mol. The first-order chi connectivity index (χ1) is 8.85. The van der Waals surface area contributed by atoms with Gasteiger partial charge in [0.05, 0.1) is 17.1 Å². The Morgan fingerprint density at radius 3 is 2.68 bits per heavy atom. The van der Waals surface area contributed by atoms with Crippen molar-refractivity contribution in [3.05, 3.63) is 33.6 Å². The highest BCUT2D eigenvalue weighted by Gasteiger charge is 2.14. The van der Waals surface area contributed by atoms with Crippen molar-refractivity contribution in [2.24, 2.45) is 0 Å². The van der Waals surface area contributed by atoms with E-state index in [9.17, 15) is 0 Å². The van der Waals surface area contributed by atoms with Crippen LogP contribution in [0.1, 0.15) is 26.7 Å². The zero-order valence-electron chi connectivity index (χ0n) is 11.0. The molecule has 2 aromatic rings. The molecule has 0 fully saturated rings. The number of benzene rings is 1. The van der Waals surface area contributed by atoms with E-state index >= 15 is 0 Å². The van der Waals surface area contributed by atoms with E-state index < -0.39 is 0 Å². The molecule has 1 heterocycles. The van der Waals surface area contributed by atoms with Crippen LogP contribution in [-0.2, 0) is 6.54 Å². The summed E-state index contributed by atoms with van der Waals surface area (Å²) in [5.74, 6) is 0.979. The van der Waals surface area contributed by atoms with Crippen molar-refractivity contribution in [2.45, 2.75) is 32.9 Å². The first kappa shape index (κ1) is 14.5. The number of hydrogen-bond donors (Lipinski definition) is 1. The Kier molecular flexibility index (Phi) is 4.28. The zero-order valence-corrected chi connectivity index (χ0v) is 13.3. The third-order valence-electron chi connectivity index (χ3n) is 2.40. The van der Waals surface area contributed by atoms with Crippen LogP contribution in [0.25, 0.3) is 11.5 Å². The lowest BCUT2D eigenvalue weighted by atomic mass is 10.1. The fourth-order valence-electron chi connectivity index (χ4n) is 1.44. The lowest BCUT2D eigenvalue weighted by Crippen LogP contribution is -2.35. The van der Waals surface area contributed by atoms with E-state index in [-0.39, 0.29) is 5.54 Å². The lowest BCUT2D eigenvalue weighted by Gasteiger charge is -2.18. The highest BCUT2D eigenvalue weighted by molar-refractivity contribution is 9.10. The van der Waals surface area contributed by atoms with Crippen LogP contribution in [0.15, 0.2) is 27.1 Å². The molecule has 0 aliphatic heterocycles. The maximum atomic E-state index is 6.15. The van der Waals surface area contributed by atoms with Gasteiger partial charge in [-0.3, -0.25) is 0 Å². The largest absolute Gasteiger partial charge is 0.419 e. The number of rotatable bonds is 3. The molecule has 1 aromatic carbocycles. The van der Waals surface area contributed by atoms with Crippen LogP contribution in [0.3, 0.4) is 0 Å². The van der Waals surface area contributed by atoms with Gasteiger partial charge >= 0.3 is 0 Å². The topological polar surface area (TPSA) is 51.0 Å². The summed E-state index contributed by atoms with van der Waals surface area (Å²) in [5.41, 5.74) is 0.739. The molecule has 6 heteroatoms. The number of hydrogen-bond acceptors (Lipinski definition) is 4. The maximum absolute atomic E-state index is 6.15. The van der Waals surface area contributed by atoms with E-state index in [0.29, 0.717) is 23.3 Å². The van der Waals surface area contributed by atoms with E-state index in [1.54, 1.807) is 6.07 Å². The molecule has 0 atom stereocenters. The van der Waals surface area contributed by atoms with Gasteiger partial charge in [-0.2, -0.15) is 0 Å². The monoisotopic (exact) mass is 343 g/mol. The molecule has 0 unspecified atom stereocenters. The minimum absolute atomic E-state index is 0.00386. The highest BCUT2D eigenvalue weighted by atomic mass is 79.9. The second kappa shape index (κ2) is 5.61. The summed E-state index contributed by atoms with van der Waals surface area (Å²) < 4.78 is 6.51. The Morgan fingerprint density at radius 1 is 1.32 bits per heavy atom. The molecule has 2 rings (SSSR count). The van der Waals surface area contributed by atoms with E-state index in [2.05, 4.69) is 52.2 Å². The molecule has 1 aromatic heterocycles. The van der Waals surface area contributed by atoms with Crippen LogP contribution in [0, 0.1) is 0 Å². The Balaban J connectivity index is 2.16. The van der Waals surface area contributed by atoms with E-state index in [0.717, 1.165) is 10.0 Å². The molecule has 1 N–H and O–H groups in total. The zero-order chi connectivity index (χ0) is 14.0. The van der Waals surface area contributed by atoms with Gasteiger partial charge in [-0.15, -0.1) is 10.2 Å². The van der Waals surface area contributed by atoms with Crippen LogP contribution in [0.5, 0.6) is 0 Å². The fourth-order valence-corrected chi connectivity index (χ4v) is 2.19. The van der Waals surface area contributed by atoms with Gasteiger partial charge in [0.25, 0.3) is 0 Å². The summed E-state index contributed by atoms with van der Waals surface area (Å²) in [4.78, 5) is 0. The minimum Gasteiger partial charge on any atom is -0.419 e. The van der Waals surface area contributed by atoms with Gasteiger partial charge in [-0.05, 0) is 39.0 Å². The molecule has 0 spiro atoms. The standard InChI is InChI=1S/C13H15BrClN3O/c1-13(2,3)16-7-11-17-18-12(19-11)9-5-4-8(14)6-10(9)15/h4-6,16H,7H2,1-3H3. The molecule has 0 aliphatic carbocycles. The maximum Gasteiger partial charge on any atom is 0.249 e. The van der Waals surface area contributed by atoms with Crippen molar-refractivity contribution >= 4 is 27.5 Å². The molecule has 4 nitrogen and oxygen atoms in total. The first-order valence-electron chi connectivity index (χ1n) is 5.88. The van der Waals surface area contributed by atoms with Crippen molar-refractivity contribution in [1.29, 1.82) is 0 Å². The number of aromatic nitrogens is 2. The number of nitrogens with zero attached hydrogens (tertiary/aromatic N) is 2. The summed E-state index contributed by atoms with van der Waals surface area (Å²) in [5, 5.41) is 11.9. The third-order valence-corrected chi connectivity index (χ3v) is 3.20. The van der Waals surface area contributed by atoms with Gasteiger partial charge in [0.2, 0.25) is 11.8 Å². The Bertz CT molecular complexity index is 578. The number of nitrogens with one attached hydrogen (secondary N) is 1. The van der Waals surface area contributed by atoms with Crippen molar-refractivity contribution < 1.29 is 4.42 Å². The van der Waals surface area contributed by atoms with Gasteiger partial charge in [0.1, 0.15) is 0 Å². The SMILES string of the molecule is CC(C)(C)NCc1nnc(-c2ccc(Br)cc2Cl)o1.